The average Bonchev–Trinajstić information content (AvgIpc) is 3.26. The van der Waals surface area contributed by atoms with Gasteiger partial charge in [-0.1, -0.05) is 229 Å². The third kappa shape index (κ3) is 50.2. The van der Waals surface area contributed by atoms with E-state index in [2.05, 4.69) is 55.6 Å². The van der Waals surface area contributed by atoms with Crippen molar-refractivity contribution >= 4 is 13.7 Å². The Hall–Kier alpha value is -1.54. The average molecular weight is 936 g/mol. The first-order valence-corrected chi connectivity index (χ1v) is 29.0. The van der Waals surface area contributed by atoms with Crippen LogP contribution in [0.25, 0.3) is 0 Å². The lowest BCUT2D eigenvalue weighted by molar-refractivity contribution is -0.870. The predicted octanol–water partition coefficient (Wildman–Crippen LogP) is 16.4. The van der Waals surface area contributed by atoms with Gasteiger partial charge in [-0.15, -0.1) is 0 Å². The van der Waals surface area contributed by atoms with Crippen LogP contribution in [0.15, 0.2) is 48.6 Å². The van der Waals surface area contributed by atoms with Gasteiger partial charge in [-0.25, -0.2) is 4.57 Å². The van der Waals surface area contributed by atoms with Crippen LogP contribution >= 0.6 is 7.82 Å². The number of carbonyl (C=O) groups is 1. The van der Waals surface area contributed by atoms with E-state index in [9.17, 15) is 19.4 Å². The molecule has 0 radical (unpaired) electrons. The van der Waals surface area contributed by atoms with E-state index < -0.39 is 20.0 Å². The maximum atomic E-state index is 12.9. The lowest BCUT2D eigenvalue weighted by Crippen LogP contribution is -2.45. The molecular formula is C56H108N2O6P+. The molecular weight excluding hydrogens is 828 g/mol. The number of quaternary nitrogens is 1. The number of nitrogens with zero attached hydrogens (tertiary/aromatic N) is 1. The highest BCUT2D eigenvalue weighted by Gasteiger charge is 2.27. The third-order valence-electron chi connectivity index (χ3n) is 12.3. The molecule has 0 aromatic heterocycles. The maximum absolute atomic E-state index is 12.9. The fraction of sp³-hybridized carbons (Fsp3) is 0.839. The number of amides is 1. The van der Waals surface area contributed by atoms with Crippen LogP contribution in [0.1, 0.15) is 251 Å². The van der Waals surface area contributed by atoms with Gasteiger partial charge in [-0.3, -0.25) is 13.8 Å². The smallest absolute Gasteiger partial charge is 0.387 e. The second-order valence-electron chi connectivity index (χ2n) is 19.9. The summed E-state index contributed by atoms with van der Waals surface area (Å²) in [6.07, 6.45) is 62.1. The van der Waals surface area contributed by atoms with Crippen LogP contribution in [0.3, 0.4) is 0 Å². The number of hydrogen-bond acceptors (Lipinski definition) is 5. The Morgan fingerprint density at radius 3 is 1.32 bits per heavy atom. The molecule has 0 spiro atoms. The van der Waals surface area contributed by atoms with Gasteiger partial charge in [0, 0.05) is 6.42 Å². The Balaban J connectivity index is 4.15. The number of phosphoric acid groups is 1. The number of aliphatic hydroxyl groups is 1. The molecule has 0 heterocycles. The van der Waals surface area contributed by atoms with Gasteiger partial charge in [0.2, 0.25) is 5.91 Å². The number of rotatable bonds is 50. The Kier molecular flexibility index (Phi) is 46.4. The van der Waals surface area contributed by atoms with E-state index in [1.165, 1.54) is 186 Å². The maximum Gasteiger partial charge on any atom is 0.472 e. The minimum atomic E-state index is -4.35. The first-order chi connectivity index (χ1) is 31.5. The van der Waals surface area contributed by atoms with Crippen molar-refractivity contribution in [2.75, 3.05) is 40.9 Å². The minimum absolute atomic E-state index is 0.0555. The molecule has 382 valence electrons. The summed E-state index contributed by atoms with van der Waals surface area (Å²) in [6.45, 7) is 4.80. The summed E-state index contributed by atoms with van der Waals surface area (Å²) in [7, 11) is 1.56. The van der Waals surface area contributed by atoms with E-state index in [4.69, 9.17) is 9.05 Å². The van der Waals surface area contributed by atoms with Crippen molar-refractivity contribution in [3.8, 4) is 0 Å². The minimum Gasteiger partial charge on any atom is -0.387 e. The number of allylic oxidation sites excluding steroid dienone is 7. The number of unbranched alkanes of at least 4 members (excludes halogenated alkanes) is 31. The van der Waals surface area contributed by atoms with Crippen molar-refractivity contribution in [3.63, 3.8) is 0 Å². The summed E-state index contributed by atoms with van der Waals surface area (Å²) in [5.74, 6) is -0.187. The zero-order chi connectivity index (χ0) is 47.8. The zero-order valence-electron chi connectivity index (χ0n) is 43.5. The second kappa shape index (κ2) is 47.5. The molecule has 0 aliphatic carbocycles. The van der Waals surface area contributed by atoms with Gasteiger partial charge in [-0.05, 0) is 64.2 Å². The highest BCUT2D eigenvalue weighted by Crippen LogP contribution is 2.43. The Morgan fingerprint density at radius 1 is 0.523 bits per heavy atom. The summed E-state index contributed by atoms with van der Waals surface area (Å²) < 4.78 is 23.6. The molecule has 65 heavy (non-hydrogen) atoms. The molecule has 3 unspecified atom stereocenters. The summed E-state index contributed by atoms with van der Waals surface area (Å²) in [5.41, 5.74) is 0. The summed E-state index contributed by atoms with van der Waals surface area (Å²) in [5, 5.41) is 13.9. The van der Waals surface area contributed by atoms with Gasteiger partial charge >= 0.3 is 7.82 Å². The Labute approximate surface area is 403 Å². The Morgan fingerprint density at radius 2 is 0.892 bits per heavy atom. The van der Waals surface area contributed by atoms with Crippen LogP contribution < -0.4 is 5.32 Å². The SMILES string of the molecule is CCCCCCCCCC/C=C/CC/C=C/C(O)C(COP(=O)(O)OCC[N+](C)(C)C)NC(=O)CCCCCCCCCCCCCCC/C=C\C/C=C\CCCCCCCCCCC. The van der Waals surface area contributed by atoms with Gasteiger partial charge in [0.1, 0.15) is 13.2 Å². The molecule has 1 amide bonds. The number of nitrogens with one attached hydrogen (secondary N) is 1. The first kappa shape index (κ1) is 63.5. The van der Waals surface area contributed by atoms with Gasteiger partial charge < -0.3 is 19.8 Å². The fourth-order valence-corrected chi connectivity index (χ4v) is 8.65. The van der Waals surface area contributed by atoms with Gasteiger partial charge in [0.15, 0.2) is 0 Å². The van der Waals surface area contributed by atoms with E-state index in [1.807, 2.05) is 27.2 Å². The molecule has 0 saturated carbocycles. The summed E-state index contributed by atoms with van der Waals surface area (Å²) >= 11 is 0. The molecule has 0 fully saturated rings. The van der Waals surface area contributed by atoms with Crippen molar-refractivity contribution < 1.29 is 32.9 Å². The molecule has 0 aliphatic rings. The molecule has 0 rings (SSSR count). The highest BCUT2D eigenvalue weighted by atomic mass is 31.2. The standard InChI is InChI=1S/C56H107N2O6P/c1-6-8-10-12-14-16-18-20-22-23-24-25-26-27-28-29-30-31-32-33-34-35-36-38-40-42-44-46-48-50-56(60)57-54(53-64-65(61,62)63-52-51-58(3,4)5)55(59)49-47-45-43-41-39-37-21-19-17-15-13-11-9-7-2/h24-25,27-28,39,41,47,49,54-55,59H,6-23,26,29-38,40,42-46,48,50-53H2,1-5H3,(H-,57,60,61,62)/p+1/b25-24-,28-27-,41-39+,49-47+. The molecule has 0 aromatic carbocycles. The quantitative estimate of drug-likeness (QED) is 0.0243. The summed E-state index contributed by atoms with van der Waals surface area (Å²) in [6, 6.07) is -0.864. The molecule has 0 saturated heterocycles. The number of phosphoric ester groups is 1. The molecule has 0 bridgehead atoms. The molecule has 9 heteroatoms. The van der Waals surface area contributed by atoms with Crippen LogP contribution in [-0.4, -0.2) is 73.4 Å². The Bertz CT molecular complexity index is 1200. The lowest BCUT2D eigenvalue weighted by atomic mass is 10.0. The largest absolute Gasteiger partial charge is 0.472 e. The highest BCUT2D eigenvalue weighted by molar-refractivity contribution is 7.47. The number of aliphatic hydroxyl groups excluding tert-OH is 1. The van der Waals surface area contributed by atoms with E-state index in [0.717, 1.165) is 44.9 Å². The van der Waals surface area contributed by atoms with Gasteiger partial charge in [0.25, 0.3) is 0 Å². The fourth-order valence-electron chi connectivity index (χ4n) is 7.91. The molecule has 3 atom stereocenters. The molecule has 8 nitrogen and oxygen atoms in total. The van der Waals surface area contributed by atoms with E-state index in [0.29, 0.717) is 17.4 Å². The van der Waals surface area contributed by atoms with Crippen molar-refractivity contribution in [3.05, 3.63) is 48.6 Å². The number of carbonyl (C=O) groups excluding carboxylic acids is 1. The first-order valence-electron chi connectivity index (χ1n) is 27.5. The van der Waals surface area contributed by atoms with Crippen LogP contribution in [0, 0.1) is 0 Å². The van der Waals surface area contributed by atoms with Crippen molar-refractivity contribution in [2.24, 2.45) is 0 Å². The van der Waals surface area contributed by atoms with E-state index in [1.54, 1.807) is 6.08 Å². The topological polar surface area (TPSA) is 105 Å². The van der Waals surface area contributed by atoms with Gasteiger partial charge in [-0.2, -0.15) is 0 Å². The van der Waals surface area contributed by atoms with Crippen molar-refractivity contribution in [2.45, 2.75) is 264 Å². The van der Waals surface area contributed by atoms with Crippen LogP contribution in [0.2, 0.25) is 0 Å². The lowest BCUT2D eigenvalue weighted by Gasteiger charge is -2.25. The molecule has 0 aromatic rings. The number of hydrogen-bond donors (Lipinski definition) is 3. The third-order valence-corrected chi connectivity index (χ3v) is 13.3. The van der Waals surface area contributed by atoms with Crippen LogP contribution in [-0.2, 0) is 18.4 Å². The van der Waals surface area contributed by atoms with Crippen molar-refractivity contribution in [1.82, 2.24) is 5.32 Å². The van der Waals surface area contributed by atoms with Crippen molar-refractivity contribution in [1.29, 1.82) is 0 Å². The van der Waals surface area contributed by atoms with Crippen LogP contribution in [0.5, 0.6) is 0 Å². The molecule has 0 aliphatic heterocycles. The zero-order valence-corrected chi connectivity index (χ0v) is 44.4. The van der Waals surface area contributed by atoms with E-state index >= 15 is 0 Å². The van der Waals surface area contributed by atoms with Crippen LogP contribution in [0.4, 0.5) is 0 Å². The summed E-state index contributed by atoms with van der Waals surface area (Å²) in [4.78, 5) is 23.2. The normalized spacial score (nSPS) is 14.4. The monoisotopic (exact) mass is 936 g/mol. The number of likely N-dealkylation sites (N-methyl/N-ethyl adjacent to an activating group) is 1. The molecule has 3 N–H and O–H groups in total. The van der Waals surface area contributed by atoms with E-state index in [-0.39, 0.29) is 19.1 Å². The second-order valence-corrected chi connectivity index (χ2v) is 21.4. The predicted molar refractivity (Wildman–Crippen MR) is 281 cm³/mol. The van der Waals surface area contributed by atoms with Gasteiger partial charge in [0.05, 0.1) is 39.9 Å².